The second kappa shape index (κ2) is 8.10. The van der Waals surface area contributed by atoms with Gasteiger partial charge in [0.05, 0.1) is 16.7 Å². The molecule has 0 saturated carbocycles. The highest BCUT2D eigenvalue weighted by Crippen LogP contribution is 2.29. The summed E-state index contributed by atoms with van der Waals surface area (Å²) in [5, 5.41) is 14.3. The van der Waals surface area contributed by atoms with E-state index >= 15 is 0 Å². The number of para-hydroxylation sites is 2. The Labute approximate surface area is 145 Å². The van der Waals surface area contributed by atoms with Gasteiger partial charge in [0.15, 0.2) is 12.4 Å². The van der Waals surface area contributed by atoms with Crippen molar-refractivity contribution in [3.05, 3.63) is 69.8 Å². The first-order valence-electron chi connectivity index (χ1n) is 7.13. The molecule has 0 aliphatic carbocycles. The Morgan fingerprint density at radius 3 is 2.65 bits per heavy atom. The van der Waals surface area contributed by atoms with Crippen molar-refractivity contribution in [3.8, 4) is 5.75 Å². The molecule has 2 aromatic carbocycles. The third kappa shape index (κ3) is 5.30. The number of amides is 1. The minimum atomic E-state index is -4.48. The summed E-state index contributed by atoms with van der Waals surface area (Å²) in [6.45, 7) is -0.551. The number of carbonyl (C=O) groups is 1. The van der Waals surface area contributed by atoms with Crippen LogP contribution < -0.4 is 10.2 Å². The summed E-state index contributed by atoms with van der Waals surface area (Å²) in [6, 6.07) is 9.89. The molecule has 0 bridgehead atoms. The SMILES string of the molecule is O=C(COc1ccccc1[N+](=O)[O-])N/N=C\c1cccc(C(F)(F)F)c1. The molecule has 0 saturated heterocycles. The molecule has 136 valence electrons. The van der Waals surface area contributed by atoms with Crippen molar-refractivity contribution in [1.82, 2.24) is 5.43 Å². The van der Waals surface area contributed by atoms with Crippen molar-refractivity contribution in [3.63, 3.8) is 0 Å². The number of hydrazone groups is 1. The van der Waals surface area contributed by atoms with E-state index in [0.29, 0.717) is 0 Å². The van der Waals surface area contributed by atoms with Crippen molar-refractivity contribution >= 4 is 17.8 Å². The van der Waals surface area contributed by atoms with E-state index in [0.717, 1.165) is 18.3 Å². The highest BCUT2D eigenvalue weighted by molar-refractivity contribution is 5.83. The first-order chi connectivity index (χ1) is 12.3. The molecule has 0 fully saturated rings. The lowest BCUT2D eigenvalue weighted by Crippen LogP contribution is -2.24. The van der Waals surface area contributed by atoms with Crippen LogP contribution in [0.2, 0.25) is 0 Å². The van der Waals surface area contributed by atoms with Gasteiger partial charge in [-0.1, -0.05) is 24.3 Å². The van der Waals surface area contributed by atoms with Gasteiger partial charge < -0.3 is 4.74 Å². The second-order valence-electron chi connectivity index (χ2n) is 4.93. The fourth-order valence-electron chi connectivity index (χ4n) is 1.88. The summed E-state index contributed by atoms with van der Waals surface area (Å²) in [5.41, 5.74) is 1.06. The van der Waals surface area contributed by atoms with E-state index in [4.69, 9.17) is 4.74 Å². The lowest BCUT2D eigenvalue weighted by molar-refractivity contribution is -0.385. The number of hydrogen-bond acceptors (Lipinski definition) is 5. The summed E-state index contributed by atoms with van der Waals surface area (Å²) in [6.07, 6.45) is -3.44. The molecule has 0 unspecified atom stereocenters. The molecule has 0 aliphatic rings. The Bertz CT molecular complexity index is 837. The van der Waals surface area contributed by atoms with Crippen LogP contribution in [-0.4, -0.2) is 23.7 Å². The predicted molar refractivity (Wildman–Crippen MR) is 85.8 cm³/mol. The Hall–Kier alpha value is -3.43. The number of hydrogen-bond donors (Lipinski definition) is 1. The molecule has 26 heavy (non-hydrogen) atoms. The topological polar surface area (TPSA) is 93.8 Å². The van der Waals surface area contributed by atoms with E-state index in [1.807, 2.05) is 0 Å². The fourth-order valence-corrected chi connectivity index (χ4v) is 1.88. The Morgan fingerprint density at radius 1 is 1.23 bits per heavy atom. The minimum absolute atomic E-state index is 0.0884. The summed E-state index contributed by atoms with van der Waals surface area (Å²) < 4.78 is 42.8. The maximum Gasteiger partial charge on any atom is 0.416 e. The number of nitro groups is 1. The Kier molecular flexibility index (Phi) is 5.89. The van der Waals surface area contributed by atoms with Gasteiger partial charge in [0.25, 0.3) is 5.91 Å². The van der Waals surface area contributed by atoms with Crippen molar-refractivity contribution in [2.24, 2.45) is 5.10 Å². The zero-order valence-electron chi connectivity index (χ0n) is 13.1. The molecule has 7 nitrogen and oxygen atoms in total. The molecule has 0 spiro atoms. The van der Waals surface area contributed by atoms with Crippen LogP contribution in [0.1, 0.15) is 11.1 Å². The molecule has 0 aliphatic heterocycles. The summed E-state index contributed by atoms with van der Waals surface area (Å²) in [5.74, 6) is -0.819. The molecule has 2 rings (SSSR count). The fraction of sp³-hybridized carbons (Fsp3) is 0.125. The predicted octanol–water partition coefficient (Wildman–Crippen LogP) is 3.14. The third-order valence-electron chi connectivity index (χ3n) is 3.04. The summed E-state index contributed by atoms with van der Waals surface area (Å²) in [4.78, 5) is 21.8. The third-order valence-corrected chi connectivity index (χ3v) is 3.04. The first-order valence-corrected chi connectivity index (χ1v) is 7.13. The van der Waals surface area contributed by atoms with Crippen LogP contribution >= 0.6 is 0 Å². The van der Waals surface area contributed by atoms with Crippen LogP contribution in [0.25, 0.3) is 0 Å². The molecule has 10 heteroatoms. The molecule has 0 heterocycles. The van der Waals surface area contributed by atoms with E-state index < -0.39 is 29.2 Å². The van der Waals surface area contributed by atoms with Crippen molar-refractivity contribution in [1.29, 1.82) is 0 Å². The van der Waals surface area contributed by atoms with Crippen molar-refractivity contribution in [2.45, 2.75) is 6.18 Å². The molecule has 0 aromatic heterocycles. The molecular weight excluding hydrogens is 355 g/mol. The molecule has 1 N–H and O–H groups in total. The van der Waals surface area contributed by atoms with E-state index in [2.05, 4.69) is 10.5 Å². The summed E-state index contributed by atoms with van der Waals surface area (Å²) in [7, 11) is 0. The minimum Gasteiger partial charge on any atom is -0.477 e. The lowest BCUT2D eigenvalue weighted by Gasteiger charge is -2.06. The standard InChI is InChI=1S/C16H12F3N3O4/c17-16(18,19)12-5-3-4-11(8-12)9-20-21-15(23)10-26-14-7-2-1-6-13(14)22(24)25/h1-9H,10H2,(H,21,23)/b20-9-. The maximum absolute atomic E-state index is 12.6. The highest BCUT2D eigenvalue weighted by Gasteiger charge is 2.30. The number of nitrogens with one attached hydrogen (secondary N) is 1. The largest absolute Gasteiger partial charge is 0.477 e. The van der Waals surface area contributed by atoms with Crippen LogP contribution in [0.15, 0.2) is 53.6 Å². The van der Waals surface area contributed by atoms with Gasteiger partial charge in [-0.15, -0.1) is 0 Å². The van der Waals surface area contributed by atoms with Gasteiger partial charge in [0, 0.05) is 6.07 Å². The maximum atomic E-state index is 12.6. The monoisotopic (exact) mass is 367 g/mol. The van der Waals surface area contributed by atoms with E-state index in [1.165, 1.54) is 36.4 Å². The number of halogens is 3. The van der Waals surface area contributed by atoms with Crippen molar-refractivity contribution < 1.29 is 27.6 Å². The van der Waals surface area contributed by atoms with Crippen LogP contribution in [0.4, 0.5) is 18.9 Å². The van der Waals surface area contributed by atoms with Crippen molar-refractivity contribution in [2.75, 3.05) is 6.61 Å². The van der Waals surface area contributed by atoms with Gasteiger partial charge >= 0.3 is 11.9 Å². The number of carbonyl (C=O) groups excluding carboxylic acids is 1. The average Bonchev–Trinajstić information content (AvgIpc) is 2.59. The zero-order valence-corrected chi connectivity index (χ0v) is 13.1. The lowest BCUT2D eigenvalue weighted by atomic mass is 10.1. The van der Waals surface area contributed by atoms with Crippen LogP contribution in [-0.2, 0) is 11.0 Å². The van der Waals surface area contributed by atoms with Gasteiger partial charge in [-0.05, 0) is 23.8 Å². The normalized spacial score (nSPS) is 11.3. The zero-order chi connectivity index (χ0) is 19.2. The number of rotatable bonds is 6. The smallest absolute Gasteiger partial charge is 0.416 e. The summed E-state index contributed by atoms with van der Waals surface area (Å²) >= 11 is 0. The number of ether oxygens (including phenoxy) is 1. The molecule has 0 radical (unpaired) electrons. The second-order valence-corrected chi connectivity index (χ2v) is 4.93. The number of alkyl halides is 3. The molecular formula is C16H12F3N3O4. The van der Waals surface area contributed by atoms with Crippen LogP contribution in [0.5, 0.6) is 5.75 Å². The molecule has 2 aromatic rings. The quantitative estimate of drug-likeness (QED) is 0.482. The first kappa shape index (κ1) is 18.9. The van der Waals surface area contributed by atoms with Gasteiger partial charge in [0.1, 0.15) is 0 Å². The van der Waals surface area contributed by atoms with Gasteiger partial charge in [-0.3, -0.25) is 14.9 Å². The van der Waals surface area contributed by atoms with E-state index in [9.17, 15) is 28.1 Å². The Morgan fingerprint density at radius 2 is 1.96 bits per heavy atom. The average molecular weight is 367 g/mol. The van der Waals surface area contributed by atoms with Crippen LogP contribution in [0, 0.1) is 10.1 Å². The van der Waals surface area contributed by atoms with Crippen LogP contribution in [0.3, 0.4) is 0 Å². The number of nitrogens with zero attached hydrogens (tertiary/aromatic N) is 2. The van der Waals surface area contributed by atoms with E-state index in [1.54, 1.807) is 0 Å². The Balaban J connectivity index is 1.91. The number of nitro benzene ring substituents is 1. The highest BCUT2D eigenvalue weighted by atomic mass is 19.4. The van der Waals surface area contributed by atoms with Gasteiger partial charge in [0.2, 0.25) is 0 Å². The molecule has 1 amide bonds. The number of benzene rings is 2. The molecule has 0 atom stereocenters. The van der Waals surface area contributed by atoms with Gasteiger partial charge in [-0.25, -0.2) is 5.43 Å². The van der Waals surface area contributed by atoms with Gasteiger partial charge in [-0.2, -0.15) is 18.3 Å². The van der Waals surface area contributed by atoms with E-state index in [-0.39, 0.29) is 17.0 Å².